The van der Waals surface area contributed by atoms with Crippen molar-refractivity contribution in [1.82, 2.24) is 19.9 Å². The normalized spacial score (nSPS) is 15.5. The van der Waals surface area contributed by atoms with Gasteiger partial charge >= 0.3 is 0 Å². The molecule has 0 bridgehead atoms. The number of aromatic nitrogens is 3. The third-order valence-corrected chi connectivity index (χ3v) is 5.55. The molecule has 1 aliphatic rings. The fourth-order valence-electron chi connectivity index (χ4n) is 4.10. The summed E-state index contributed by atoms with van der Waals surface area (Å²) in [5.74, 6) is 0.540. The highest BCUT2D eigenvalue weighted by molar-refractivity contribution is 5.97. The largest absolute Gasteiger partial charge is 0.346 e. The lowest BCUT2D eigenvalue weighted by Crippen LogP contribution is -2.38. The maximum Gasteiger partial charge on any atom is 0.255 e. The smallest absolute Gasteiger partial charge is 0.255 e. The molecule has 0 saturated carbocycles. The van der Waals surface area contributed by atoms with Gasteiger partial charge < -0.3 is 9.88 Å². The molecule has 1 aromatic carbocycles. The van der Waals surface area contributed by atoms with E-state index in [4.69, 9.17) is 0 Å². The Morgan fingerprint density at radius 1 is 1.07 bits per heavy atom. The number of fused-ring (bicyclic) bond motifs is 2. The zero-order valence-electron chi connectivity index (χ0n) is 14.9. The number of piperidine rings is 1. The number of H-pyrrole nitrogens is 1. The SMILES string of the molecule is O=C(c1cnc2ccccc2c1)N1CCC(c2ccnc3[nH]ccc23)CC1. The van der Waals surface area contributed by atoms with Gasteiger partial charge in [-0.1, -0.05) is 18.2 Å². The van der Waals surface area contributed by atoms with Crippen LogP contribution in [-0.4, -0.2) is 38.8 Å². The second-order valence-corrected chi connectivity index (χ2v) is 7.12. The first-order chi connectivity index (χ1) is 13.3. The first-order valence-corrected chi connectivity index (χ1v) is 9.36. The predicted molar refractivity (Wildman–Crippen MR) is 106 cm³/mol. The Balaban J connectivity index is 1.33. The Bertz CT molecular complexity index is 1130. The number of rotatable bonds is 2. The molecule has 1 aliphatic heterocycles. The Hall–Kier alpha value is -3.21. The molecule has 134 valence electrons. The van der Waals surface area contributed by atoms with Crippen molar-refractivity contribution in [2.75, 3.05) is 13.1 Å². The highest BCUT2D eigenvalue weighted by Gasteiger charge is 2.26. The van der Waals surface area contributed by atoms with E-state index < -0.39 is 0 Å². The number of carbonyl (C=O) groups excluding carboxylic acids is 1. The Labute approximate surface area is 157 Å². The van der Waals surface area contributed by atoms with Crippen LogP contribution in [0, 0.1) is 0 Å². The summed E-state index contributed by atoms with van der Waals surface area (Å²) in [6, 6.07) is 14.1. The van der Waals surface area contributed by atoms with Crippen LogP contribution in [-0.2, 0) is 0 Å². The average Bonchev–Trinajstić information content (AvgIpc) is 3.22. The van der Waals surface area contributed by atoms with Crippen LogP contribution in [0.5, 0.6) is 0 Å². The molecule has 27 heavy (non-hydrogen) atoms. The number of hydrogen-bond donors (Lipinski definition) is 1. The summed E-state index contributed by atoms with van der Waals surface area (Å²) in [5, 5.41) is 2.20. The summed E-state index contributed by atoms with van der Waals surface area (Å²) in [6.07, 6.45) is 7.44. The molecule has 1 fully saturated rings. The minimum Gasteiger partial charge on any atom is -0.346 e. The maximum absolute atomic E-state index is 12.9. The fourth-order valence-corrected chi connectivity index (χ4v) is 4.10. The van der Waals surface area contributed by atoms with E-state index in [9.17, 15) is 4.79 Å². The van der Waals surface area contributed by atoms with Crippen LogP contribution in [0.3, 0.4) is 0 Å². The number of benzene rings is 1. The first-order valence-electron chi connectivity index (χ1n) is 9.36. The van der Waals surface area contributed by atoms with Crippen LogP contribution in [0.2, 0.25) is 0 Å². The maximum atomic E-state index is 12.9. The van der Waals surface area contributed by atoms with Gasteiger partial charge in [0.1, 0.15) is 5.65 Å². The van der Waals surface area contributed by atoms with E-state index in [1.54, 1.807) is 6.20 Å². The standard InChI is InChI=1S/C22H20N4O/c27-22(17-13-16-3-1-2-4-20(16)25-14-17)26-11-7-15(8-12-26)18-5-9-23-21-19(18)6-10-24-21/h1-6,9-10,13-15H,7-8,11-12H2,(H,23,24). The summed E-state index contributed by atoms with van der Waals surface area (Å²) in [7, 11) is 0. The van der Waals surface area contributed by atoms with Crippen molar-refractivity contribution in [2.24, 2.45) is 0 Å². The van der Waals surface area contributed by atoms with E-state index in [1.807, 2.05) is 47.6 Å². The molecule has 3 aromatic heterocycles. The molecule has 4 aromatic rings. The molecule has 1 N–H and O–H groups in total. The summed E-state index contributed by atoms with van der Waals surface area (Å²) in [5.41, 5.74) is 3.86. The van der Waals surface area contributed by atoms with Gasteiger partial charge in [-0.15, -0.1) is 0 Å². The molecule has 0 aliphatic carbocycles. The Kier molecular flexibility index (Phi) is 3.85. The minimum atomic E-state index is 0.0771. The van der Waals surface area contributed by atoms with Gasteiger partial charge in [-0.05, 0) is 48.6 Å². The van der Waals surface area contributed by atoms with Crippen molar-refractivity contribution in [3.63, 3.8) is 0 Å². The zero-order chi connectivity index (χ0) is 18.2. The minimum absolute atomic E-state index is 0.0771. The summed E-state index contributed by atoms with van der Waals surface area (Å²) >= 11 is 0. The fraction of sp³-hybridized carbons (Fsp3) is 0.227. The molecule has 5 rings (SSSR count). The van der Waals surface area contributed by atoms with E-state index in [1.165, 1.54) is 10.9 Å². The van der Waals surface area contributed by atoms with Crippen LogP contribution >= 0.6 is 0 Å². The van der Waals surface area contributed by atoms with Crippen LogP contribution in [0.25, 0.3) is 21.9 Å². The lowest BCUT2D eigenvalue weighted by molar-refractivity contribution is 0.0713. The lowest BCUT2D eigenvalue weighted by Gasteiger charge is -2.32. The van der Waals surface area contributed by atoms with Crippen molar-refractivity contribution >= 4 is 27.8 Å². The van der Waals surface area contributed by atoms with Gasteiger partial charge in [0.05, 0.1) is 11.1 Å². The molecule has 0 atom stereocenters. The molecule has 1 amide bonds. The number of nitrogens with one attached hydrogen (secondary N) is 1. The number of likely N-dealkylation sites (tertiary alicyclic amines) is 1. The second-order valence-electron chi connectivity index (χ2n) is 7.12. The number of carbonyl (C=O) groups is 1. The highest BCUT2D eigenvalue weighted by Crippen LogP contribution is 2.32. The van der Waals surface area contributed by atoms with Gasteiger partial charge in [-0.3, -0.25) is 9.78 Å². The van der Waals surface area contributed by atoms with Gasteiger partial charge in [-0.25, -0.2) is 4.98 Å². The van der Waals surface area contributed by atoms with Crippen molar-refractivity contribution in [3.8, 4) is 0 Å². The quantitative estimate of drug-likeness (QED) is 0.587. The topological polar surface area (TPSA) is 61.9 Å². The Morgan fingerprint density at radius 3 is 2.81 bits per heavy atom. The third kappa shape index (κ3) is 2.85. The van der Waals surface area contributed by atoms with Gasteiger partial charge in [0.2, 0.25) is 0 Å². The number of para-hydroxylation sites is 1. The van der Waals surface area contributed by atoms with Crippen molar-refractivity contribution in [1.29, 1.82) is 0 Å². The van der Waals surface area contributed by atoms with Gasteiger partial charge in [0, 0.05) is 42.5 Å². The van der Waals surface area contributed by atoms with Crippen molar-refractivity contribution < 1.29 is 4.79 Å². The zero-order valence-corrected chi connectivity index (χ0v) is 14.9. The molecular formula is C22H20N4O. The monoisotopic (exact) mass is 356 g/mol. The second kappa shape index (κ2) is 6.50. The average molecular weight is 356 g/mol. The number of aromatic amines is 1. The predicted octanol–water partition coefficient (Wildman–Crippen LogP) is 4.13. The molecule has 5 nitrogen and oxygen atoms in total. The summed E-state index contributed by atoms with van der Waals surface area (Å²) in [6.45, 7) is 1.54. The van der Waals surface area contributed by atoms with E-state index in [2.05, 4.69) is 27.1 Å². The van der Waals surface area contributed by atoms with Crippen LogP contribution in [0.15, 0.2) is 61.1 Å². The van der Waals surface area contributed by atoms with Crippen LogP contribution < -0.4 is 0 Å². The number of pyridine rings is 2. The van der Waals surface area contributed by atoms with Crippen LogP contribution in [0.1, 0.15) is 34.7 Å². The van der Waals surface area contributed by atoms with E-state index in [0.29, 0.717) is 11.5 Å². The van der Waals surface area contributed by atoms with E-state index in [-0.39, 0.29) is 5.91 Å². The molecule has 0 spiro atoms. The Morgan fingerprint density at radius 2 is 1.93 bits per heavy atom. The van der Waals surface area contributed by atoms with Gasteiger partial charge in [0.25, 0.3) is 5.91 Å². The molecule has 4 heterocycles. The third-order valence-electron chi connectivity index (χ3n) is 5.55. The molecule has 1 saturated heterocycles. The van der Waals surface area contributed by atoms with Crippen molar-refractivity contribution in [3.05, 3.63) is 72.2 Å². The van der Waals surface area contributed by atoms with Gasteiger partial charge in [0.15, 0.2) is 0 Å². The van der Waals surface area contributed by atoms with Gasteiger partial charge in [-0.2, -0.15) is 0 Å². The summed E-state index contributed by atoms with van der Waals surface area (Å²) < 4.78 is 0. The molecule has 0 unspecified atom stereocenters. The summed E-state index contributed by atoms with van der Waals surface area (Å²) in [4.78, 5) is 26.9. The van der Waals surface area contributed by atoms with E-state index in [0.717, 1.165) is 42.5 Å². The molecular weight excluding hydrogens is 336 g/mol. The number of amides is 1. The lowest BCUT2D eigenvalue weighted by atomic mass is 9.88. The number of nitrogens with zero attached hydrogens (tertiary/aromatic N) is 3. The van der Waals surface area contributed by atoms with Crippen molar-refractivity contribution in [2.45, 2.75) is 18.8 Å². The number of hydrogen-bond acceptors (Lipinski definition) is 3. The van der Waals surface area contributed by atoms with E-state index >= 15 is 0 Å². The first kappa shape index (κ1) is 16.0. The highest BCUT2D eigenvalue weighted by atomic mass is 16.2. The van der Waals surface area contributed by atoms with Crippen LogP contribution in [0.4, 0.5) is 0 Å². The molecule has 0 radical (unpaired) electrons. The molecule has 5 heteroatoms.